The SMILES string of the molecule is c1ccc(-c2cccc(-c3nc(-n4c5ccccc5c5c6oc7cc(-n8c9ccccc9c9ccccc98)c8ccccc8c7c6ccc54)nc4ccccc34)c2)cc1. The molecule has 0 unspecified atom stereocenters. The standard InChI is InChI=1S/C54H32N4O/c1-2-15-33(16-3-1)34-17-14-18-35(31-34)52-40-23-6-10-25-43(40)55-54(56-52)58-46-28-13-9-24-41(46)51-47(58)30-29-42-50-39-22-5-4-21-38(39)48(32-49(50)59-53(42)51)57-44-26-11-7-19-36(44)37-20-8-12-27-45(37)57/h1-32H. The van der Waals surface area contributed by atoms with Crippen molar-refractivity contribution in [3.63, 3.8) is 0 Å². The zero-order valence-corrected chi connectivity index (χ0v) is 31.7. The van der Waals surface area contributed by atoms with Crippen LogP contribution in [0.4, 0.5) is 0 Å². The van der Waals surface area contributed by atoms with E-state index in [9.17, 15) is 0 Å². The van der Waals surface area contributed by atoms with Gasteiger partial charge in [-0.25, -0.2) is 9.97 Å². The Morgan fingerprint density at radius 2 is 0.949 bits per heavy atom. The van der Waals surface area contributed by atoms with Crippen molar-refractivity contribution in [2.75, 3.05) is 0 Å². The first-order chi connectivity index (χ1) is 29.3. The summed E-state index contributed by atoms with van der Waals surface area (Å²) in [6.45, 7) is 0. The molecule has 0 atom stereocenters. The Balaban J connectivity index is 1.09. The smallest absolute Gasteiger partial charge is 0.235 e. The molecule has 0 N–H and O–H groups in total. The van der Waals surface area contributed by atoms with Crippen LogP contribution in [0.1, 0.15) is 0 Å². The predicted octanol–water partition coefficient (Wildman–Crippen LogP) is 14.2. The lowest BCUT2D eigenvalue weighted by atomic mass is 10.00. The van der Waals surface area contributed by atoms with Gasteiger partial charge >= 0.3 is 0 Å². The average molecular weight is 753 g/mol. The molecule has 5 nitrogen and oxygen atoms in total. The lowest BCUT2D eigenvalue weighted by Gasteiger charge is -2.12. The lowest BCUT2D eigenvalue weighted by Crippen LogP contribution is -2.03. The fraction of sp³-hybridized carbons (Fsp3) is 0. The fourth-order valence-electron chi connectivity index (χ4n) is 9.57. The van der Waals surface area contributed by atoms with Crippen LogP contribution in [0, 0.1) is 0 Å². The Kier molecular flexibility index (Phi) is 6.66. The van der Waals surface area contributed by atoms with E-state index in [2.05, 4.69) is 197 Å². The summed E-state index contributed by atoms with van der Waals surface area (Å²) in [5.41, 5.74) is 12.3. The number of rotatable bonds is 4. The molecule has 13 aromatic rings. The lowest BCUT2D eigenvalue weighted by molar-refractivity contribution is 0.673. The number of nitrogens with zero attached hydrogens (tertiary/aromatic N) is 4. The molecule has 0 aliphatic carbocycles. The summed E-state index contributed by atoms with van der Waals surface area (Å²) in [7, 11) is 0. The van der Waals surface area contributed by atoms with Gasteiger partial charge in [-0.3, -0.25) is 4.57 Å². The van der Waals surface area contributed by atoms with Crippen molar-refractivity contribution in [3.05, 3.63) is 194 Å². The minimum Gasteiger partial charge on any atom is -0.455 e. The molecule has 0 saturated heterocycles. The summed E-state index contributed by atoms with van der Waals surface area (Å²) in [4.78, 5) is 10.7. The molecule has 9 aromatic carbocycles. The topological polar surface area (TPSA) is 48.8 Å². The highest BCUT2D eigenvalue weighted by Gasteiger charge is 2.24. The molecule has 274 valence electrons. The van der Waals surface area contributed by atoms with Gasteiger partial charge in [0.1, 0.15) is 11.2 Å². The molecule has 5 heteroatoms. The van der Waals surface area contributed by atoms with Gasteiger partial charge in [-0.15, -0.1) is 0 Å². The molecule has 0 spiro atoms. The first-order valence-electron chi connectivity index (χ1n) is 20.0. The Morgan fingerprint density at radius 3 is 1.71 bits per heavy atom. The molecule has 0 saturated carbocycles. The first-order valence-corrected chi connectivity index (χ1v) is 20.0. The van der Waals surface area contributed by atoms with Gasteiger partial charge in [-0.1, -0.05) is 146 Å². The highest BCUT2D eigenvalue weighted by atomic mass is 16.3. The second-order valence-corrected chi connectivity index (χ2v) is 15.3. The Bertz CT molecular complexity index is 3800. The second kappa shape index (κ2) is 12.2. The maximum absolute atomic E-state index is 7.15. The number of hydrogen-bond donors (Lipinski definition) is 0. The van der Waals surface area contributed by atoms with E-state index in [1.165, 1.54) is 32.8 Å². The molecule has 0 aliphatic heterocycles. The van der Waals surface area contributed by atoms with Crippen molar-refractivity contribution in [1.29, 1.82) is 0 Å². The summed E-state index contributed by atoms with van der Waals surface area (Å²) in [5, 5.41) is 10.1. The van der Waals surface area contributed by atoms with Gasteiger partial charge in [0.2, 0.25) is 5.95 Å². The maximum Gasteiger partial charge on any atom is 0.235 e. The number of fused-ring (bicyclic) bond motifs is 13. The molecule has 0 amide bonds. The van der Waals surface area contributed by atoms with Gasteiger partial charge in [-0.05, 0) is 59.0 Å². The van der Waals surface area contributed by atoms with E-state index in [1.54, 1.807) is 0 Å². The Morgan fingerprint density at radius 1 is 0.356 bits per heavy atom. The molecule has 0 radical (unpaired) electrons. The van der Waals surface area contributed by atoms with Gasteiger partial charge in [0.25, 0.3) is 0 Å². The van der Waals surface area contributed by atoms with Crippen LogP contribution in [-0.2, 0) is 0 Å². The third kappa shape index (κ3) is 4.61. The number of para-hydroxylation sites is 4. The predicted molar refractivity (Wildman–Crippen MR) is 244 cm³/mol. The highest BCUT2D eigenvalue weighted by molar-refractivity contribution is 6.29. The summed E-state index contributed by atoms with van der Waals surface area (Å²) >= 11 is 0. The second-order valence-electron chi connectivity index (χ2n) is 15.3. The van der Waals surface area contributed by atoms with Crippen LogP contribution in [0.5, 0.6) is 0 Å². The largest absolute Gasteiger partial charge is 0.455 e. The van der Waals surface area contributed by atoms with Crippen LogP contribution < -0.4 is 0 Å². The molecule has 0 aliphatic rings. The summed E-state index contributed by atoms with van der Waals surface area (Å²) in [5.74, 6) is 0.615. The van der Waals surface area contributed by atoms with E-state index >= 15 is 0 Å². The van der Waals surface area contributed by atoms with Crippen LogP contribution in [0.2, 0.25) is 0 Å². The highest BCUT2D eigenvalue weighted by Crippen LogP contribution is 2.45. The summed E-state index contributed by atoms with van der Waals surface area (Å²) < 4.78 is 11.7. The maximum atomic E-state index is 7.15. The molecule has 13 rings (SSSR count). The number of aromatic nitrogens is 4. The summed E-state index contributed by atoms with van der Waals surface area (Å²) in [6, 6.07) is 68.7. The van der Waals surface area contributed by atoms with Gasteiger partial charge in [0.05, 0.1) is 44.4 Å². The van der Waals surface area contributed by atoms with E-state index in [4.69, 9.17) is 14.4 Å². The van der Waals surface area contributed by atoms with Crippen molar-refractivity contribution < 1.29 is 4.42 Å². The first kappa shape index (κ1) is 32.1. The van der Waals surface area contributed by atoms with Crippen LogP contribution in [-0.4, -0.2) is 19.1 Å². The van der Waals surface area contributed by atoms with Crippen molar-refractivity contribution in [1.82, 2.24) is 19.1 Å². The molecule has 0 bridgehead atoms. The number of furan rings is 1. The molecular weight excluding hydrogens is 721 g/mol. The molecule has 4 heterocycles. The Labute approximate surface area is 337 Å². The van der Waals surface area contributed by atoms with Gasteiger partial charge in [0, 0.05) is 49.3 Å². The molecule has 0 fully saturated rings. The average Bonchev–Trinajstić information content (AvgIpc) is 3.96. The molecule has 4 aromatic heterocycles. The van der Waals surface area contributed by atoms with Crippen molar-refractivity contribution in [2.45, 2.75) is 0 Å². The molecule has 59 heavy (non-hydrogen) atoms. The zero-order chi connectivity index (χ0) is 38.6. The van der Waals surface area contributed by atoms with E-state index in [0.29, 0.717) is 5.95 Å². The minimum absolute atomic E-state index is 0.615. The van der Waals surface area contributed by atoms with E-state index in [0.717, 1.165) is 82.5 Å². The van der Waals surface area contributed by atoms with E-state index < -0.39 is 0 Å². The Hall–Kier alpha value is -8.02. The van der Waals surface area contributed by atoms with Crippen molar-refractivity contribution in [3.8, 4) is 34.0 Å². The van der Waals surface area contributed by atoms with Crippen LogP contribution in [0.15, 0.2) is 199 Å². The van der Waals surface area contributed by atoms with Gasteiger partial charge in [-0.2, -0.15) is 0 Å². The summed E-state index contributed by atoms with van der Waals surface area (Å²) in [6.07, 6.45) is 0. The minimum atomic E-state index is 0.615. The van der Waals surface area contributed by atoms with Crippen LogP contribution in [0.3, 0.4) is 0 Å². The van der Waals surface area contributed by atoms with Crippen molar-refractivity contribution >= 4 is 87.2 Å². The normalized spacial score (nSPS) is 12.1. The van der Waals surface area contributed by atoms with Gasteiger partial charge in [0.15, 0.2) is 0 Å². The third-order valence-corrected chi connectivity index (χ3v) is 12.1. The zero-order valence-electron chi connectivity index (χ0n) is 31.7. The van der Waals surface area contributed by atoms with Crippen LogP contribution in [0.25, 0.3) is 121 Å². The molecular formula is C54H32N4O. The van der Waals surface area contributed by atoms with E-state index in [-0.39, 0.29) is 0 Å². The van der Waals surface area contributed by atoms with Gasteiger partial charge < -0.3 is 8.98 Å². The van der Waals surface area contributed by atoms with Crippen LogP contribution >= 0.6 is 0 Å². The monoisotopic (exact) mass is 752 g/mol. The quantitative estimate of drug-likeness (QED) is 0.180. The van der Waals surface area contributed by atoms with Crippen molar-refractivity contribution in [2.24, 2.45) is 0 Å². The van der Waals surface area contributed by atoms with E-state index in [1.807, 2.05) is 6.07 Å². The third-order valence-electron chi connectivity index (χ3n) is 12.1. The number of hydrogen-bond acceptors (Lipinski definition) is 3. The number of benzene rings is 9. The fourth-order valence-corrected chi connectivity index (χ4v) is 9.57.